The van der Waals surface area contributed by atoms with Crippen LogP contribution in [0.1, 0.15) is 11.8 Å². The maximum atomic E-state index is 6.10. The molecule has 25 heavy (non-hydrogen) atoms. The fourth-order valence-corrected chi connectivity index (χ4v) is 3.34. The summed E-state index contributed by atoms with van der Waals surface area (Å²) in [5.74, 6) is 0.847. The molecular weight excluding hydrogens is 336 g/mol. The summed E-state index contributed by atoms with van der Waals surface area (Å²) < 4.78 is 13.4. The molecule has 0 spiro atoms. The van der Waals surface area contributed by atoms with Gasteiger partial charge in [-0.3, -0.25) is 0 Å². The van der Waals surface area contributed by atoms with E-state index in [9.17, 15) is 0 Å². The van der Waals surface area contributed by atoms with Crippen molar-refractivity contribution in [3.63, 3.8) is 0 Å². The molecule has 1 atom stereocenters. The number of hydrogen-bond donors (Lipinski definition) is 0. The van der Waals surface area contributed by atoms with Crippen LogP contribution in [0.25, 0.3) is 5.69 Å². The van der Waals surface area contributed by atoms with Gasteiger partial charge in [0, 0.05) is 47.0 Å². The first kappa shape index (κ1) is 16.1. The van der Waals surface area contributed by atoms with Crippen LogP contribution in [0, 0.1) is 0 Å². The van der Waals surface area contributed by atoms with Crippen LogP contribution in [-0.2, 0) is 4.74 Å². The van der Waals surface area contributed by atoms with Gasteiger partial charge in [0.15, 0.2) is 6.23 Å². The van der Waals surface area contributed by atoms with Crippen molar-refractivity contribution >= 4 is 17.3 Å². The third-order valence-electron chi connectivity index (χ3n) is 4.38. The van der Waals surface area contributed by atoms with E-state index in [4.69, 9.17) is 21.1 Å². The Labute approximate surface area is 152 Å². The Kier molecular flexibility index (Phi) is 4.38. The van der Waals surface area contributed by atoms with E-state index in [1.54, 1.807) is 7.11 Å². The Morgan fingerprint density at radius 2 is 1.92 bits per heavy atom. The molecule has 3 aromatic rings. The van der Waals surface area contributed by atoms with E-state index in [-0.39, 0.29) is 6.23 Å². The lowest BCUT2D eigenvalue weighted by atomic mass is 10.2. The first-order valence-corrected chi connectivity index (χ1v) is 8.58. The van der Waals surface area contributed by atoms with E-state index in [1.165, 1.54) is 0 Å². The van der Waals surface area contributed by atoms with Crippen LogP contribution >= 0.6 is 11.6 Å². The highest BCUT2D eigenvalue weighted by atomic mass is 35.5. The number of rotatable bonds is 4. The lowest BCUT2D eigenvalue weighted by Gasteiger charge is -2.25. The second-order valence-corrected chi connectivity index (χ2v) is 6.39. The topological polar surface area (TPSA) is 26.6 Å². The van der Waals surface area contributed by atoms with Gasteiger partial charge in [-0.15, -0.1) is 0 Å². The molecule has 5 heteroatoms. The van der Waals surface area contributed by atoms with Crippen molar-refractivity contribution in [1.29, 1.82) is 0 Å². The number of aromatic nitrogens is 1. The SMILES string of the molecule is COc1cccc(N2CCO[C@@H]2c2ccn(-c3cccc(Cl)c3)c2)c1. The van der Waals surface area contributed by atoms with Crippen LogP contribution in [0.5, 0.6) is 5.75 Å². The molecule has 0 radical (unpaired) electrons. The standard InChI is InChI=1S/C20H19ClN2O2/c1-24-19-7-3-6-18(13-19)23-10-11-25-20(23)15-8-9-22(14-15)17-5-2-4-16(21)12-17/h2-9,12-14,20H,10-11H2,1H3/t20-/m1/s1. The summed E-state index contributed by atoms with van der Waals surface area (Å²) in [5, 5.41) is 0.725. The van der Waals surface area contributed by atoms with Gasteiger partial charge in [0.25, 0.3) is 0 Å². The molecule has 0 bridgehead atoms. The summed E-state index contributed by atoms with van der Waals surface area (Å²) in [6, 6.07) is 18.0. The van der Waals surface area contributed by atoms with Crippen molar-refractivity contribution in [2.45, 2.75) is 6.23 Å². The number of anilines is 1. The lowest BCUT2D eigenvalue weighted by molar-refractivity contribution is 0.114. The summed E-state index contributed by atoms with van der Waals surface area (Å²) in [5.41, 5.74) is 3.24. The molecule has 4 nitrogen and oxygen atoms in total. The van der Waals surface area contributed by atoms with Crippen LogP contribution in [0.3, 0.4) is 0 Å². The molecule has 1 aliphatic heterocycles. The Balaban J connectivity index is 1.62. The van der Waals surface area contributed by atoms with Gasteiger partial charge in [-0.05, 0) is 36.4 Å². The highest BCUT2D eigenvalue weighted by Crippen LogP contribution is 2.34. The molecule has 4 rings (SSSR count). The average molecular weight is 355 g/mol. The maximum absolute atomic E-state index is 6.10. The van der Waals surface area contributed by atoms with E-state index < -0.39 is 0 Å². The molecule has 0 amide bonds. The van der Waals surface area contributed by atoms with Crippen LogP contribution in [0.2, 0.25) is 5.02 Å². The largest absolute Gasteiger partial charge is 0.497 e. The van der Waals surface area contributed by atoms with Crippen LogP contribution < -0.4 is 9.64 Å². The summed E-state index contributed by atoms with van der Waals surface area (Å²) in [7, 11) is 1.68. The predicted molar refractivity (Wildman–Crippen MR) is 99.8 cm³/mol. The van der Waals surface area contributed by atoms with Crippen LogP contribution in [0.15, 0.2) is 67.0 Å². The zero-order valence-corrected chi connectivity index (χ0v) is 14.7. The minimum atomic E-state index is -0.104. The Morgan fingerprint density at radius 3 is 2.76 bits per heavy atom. The number of methoxy groups -OCH3 is 1. The van der Waals surface area contributed by atoms with Gasteiger partial charge >= 0.3 is 0 Å². The molecule has 1 aliphatic rings. The zero-order chi connectivity index (χ0) is 17.2. The minimum Gasteiger partial charge on any atom is -0.497 e. The van der Waals surface area contributed by atoms with Crippen molar-refractivity contribution in [2.75, 3.05) is 25.2 Å². The molecule has 2 aromatic carbocycles. The second-order valence-electron chi connectivity index (χ2n) is 5.95. The molecule has 1 aromatic heterocycles. The van der Waals surface area contributed by atoms with Crippen molar-refractivity contribution in [1.82, 2.24) is 4.57 Å². The molecule has 1 saturated heterocycles. The van der Waals surface area contributed by atoms with E-state index in [0.29, 0.717) is 6.61 Å². The average Bonchev–Trinajstić information content (AvgIpc) is 3.31. The molecule has 1 fully saturated rings. The Bertz CT molecular complexity index is 877. The van der Waals surface area contributed by atoms with Crippen LogP contribution in [0.4, 0.5) is 5.69 Å². The monoisotopic (exact) mass is 354 g/mol. The zero-order valence-electron chi connectivity index (χ0n) is 13.9. The first-order chi connectivity index (χ1) is 12.2. The van der Waals surface area contributed by atoms with Gasteiger partial charge in [0.1, 0.15) is 5.75 Å². The molecule has 0 unspecified atom stereocenters. The van der Waals surface area contributed by atoms with Crippen molar-refractivity contribution in [3.05, 3.63) is 77.6 Å². The van der Waals surface area contributed by atoms with E-state index in [2.05, 4.69) is 27.8 Å². The van der Waals surface area contributed by atoms with Gasteiger partial charge in [-0.2, -0.15) is 0 Å². The molecule has 0 saturated carbocycles. The number of benzene rings is 2. The summed E-state index contributed by atoms with van der Waals surface area (Å²) >= 11 is 6.10. The number of ether oxygens (including phenoxy) is 2. The molecule has 2 heterocycles. The summed E-state index contributed by atoms with van der Waals surface area (Å²) in [4.78, 5) is 2.25. The fourth-order valence-electron chi connectivity index (χ4n) is 3.16. The van der Waals surface area contributed by atoms with Gasteiger partial charge in [-0.1, -0.05) is 23.7 Å². The van der Waals surface area contributed by atoms with Gasteiger partial charge < -0.3 is 18.9 Å². The quantitative estimate of drug-likeness (QED) is 0.681. The number of halogens is 1. The lowest BCUT2D eigenvalue weighted by Crippen LogP contribution is -2.22. The Hall–Kier alpha value is -2.43. The summed E-state index contributed by atoms with van der Waals surface area (Å²) in [6.07, 6.45) is 4.02. The van der Waals surface area contributed by atoms with Gasteiger partial charge in [-0.25, -0.2) is 0 Å². The molecular formula is C20H19ClN2O2. The van der Waals surface area contributed by atoms with Crippen LogP contribution in [-0.4, -0.2) is 24.8 Å². The molecule has 128 valence electrons. The van der Waals surface area contributed by atoms with Gasteiger partial charge in [0.05, 0.1) is 13.7 Å². The predicted octanol–water partition coefficient (Wildman–Crippen LogP) is 4.67. The second kappa shape index (κ2) is 6.82. The highest BCUT2D eigenvalue weighted by molar-refractivity contribution is 6.30. The van der Waals surface area contributed by atoms with Crippen molar-refractivity contribution in [2.24, 2.45) is 0 Å². The smallest absolute Gasteiger partial charge is 0.158 e. The van der Waals surface area contributed by atoms with E-state index in [1.807, 2.05) is 48.7 Å². The maximum Gasteiger partial charge on any atom is 0.158 e. The Morgan fingerprint density at radius 1 is 1.08 bits per heavy atom. The van der Waals surface area contributed by atoms with Gasteiger partial charge in [0.2, 0.25) is 0 Å². The van der Waals surface area contributed by atoms with E-state index >= 15 is 0 Å². The fraction of sp³-hybridized carbons (Fsp3) is 0.200. The van der Waals surface area contributed by atoms with Crippen molar-refractivity contribution < 1.29 is 9.47 Å². The van der Waals surface area contributed by atoms with E-state index in [0.717, 1.165) is 34.3 Å². The molecule has 0 aliphatic carbocycles. The molecule has 0 N–H and O–H groups in total. The third-order valence-corrected chi connectivity index (χ3v) is 4.62. The highest BCUT2D eigenvalue weighted by Gasteiger charge is 2.28. The normalized spacial score (nSPS) is 17.0. The number of hydrogen-bond acceptors (Lipinski definition) is 3. The number of nitrogens with zero attached hydrogens (tertiary/aromatic N) is 2. The summed E-state index contributed by atoms with van der Waals surface area (Å²) in [6.45, 7) is 1.55. The third kappa shape index (κ3) is 3.23. The van der Waals surface area contributed by atoms with Crippen molar-refractivity contribution in [3.8, 4) is 11.4 Å². The first-order valence-electron chi connectivity index (χ1n) is 8.21. The minimum absolute atomic E-state index is 0.104.